The van der Waals surface area contributed by atoms with E-state index in [9.17, 15) is 24.3 Å². The lowest BCUT2D eigenvalue weighted by Crippen LogP contribution is -2.50. The van der Waals surface area contributed by atoms with Gasteiger partial charge in [-0.3, -0.25) is 14.4 Å². The van der Waals surface area contributed by atoms with Crippen molar-refractivity contribution in [2.75, 3.05) is 6.54 Å². The molecular formula is C22H33N3O6. The van der Waals surface area contributed by atoms with Crippen LogP contribution in [0.25, 0.3) is 0 Å². The monoisotopic (exact) mass is 435 g/mol. The van der Waals surface area contributed by atoms with Crippen molar-refractivity contribution in [1.82, 2.24) is 16.0 Å². The Balaban J connectivity index is 2.60. The lowest BCUT2D eigenvalue weighted by molar-refractivity contribution is -0.126. The Morgan fingerprint density at radius 3 is 2.19 bits per heavy atom. The Kier molecular flexibility index (Phi) is 11.3. The van der Waals surface area contributed by atoms with E-state index >= 15 is 0 Å². The molecule has 5 N–H and O–H groups in total. The van der Waals surface area contributed by atoms with E-state index < -0.39 is 18.2 Å². The van der Waals surface area contributed by atoms with Gasteiger partial charge in [0.2, 0.25) is 5.91 Å². The lowest BCUT2D eigenvalue weighted by atomic mass is 9.97. The van der Waals surface area contributed by atoms with Crippen molar-refractivity contribution < 1.29 is 29.4 Å². The zero-order valence-corrected chi connectivity index (χ0v) is 18.3. The maximum atomic E-state index is 12.6. The Morgan fingerprint density at radius 2 is 1.65 bits per heavy atom. The Labute approximate surface area is 182 Å². The van der Waals surface area contributed by atoms with E-state index in [-0.39, 0.29) is 36.5 Å². The SMILES string of the molecule is CCC(C)[C@H](NC(=O)c1ccc(CNC(=O)O)cc1)C(=O)NCCCCC(=O)C(C)O. The molecule has 0 aliphatic carbocycles. The van der Waals surface area contributed by atoms with Crippen LogP contribution in [-0.4, -0.2) is 52.6 Å². The topological polar surface area (TPSA) is 145 Å². The highest BCUT2D eigenvalue weighted by Crippen LogP contribution is 2.11. The molecular weight excluding hydrogens is 402 g/mol. The second kappa shape index (κ2) is 13.4. The van der Waals surface area contributed by atoms with Crippen LogP contribution in [0.15, 0.2) is 24.3 Å². The maximum absolute atomic E-state index is 12.6. The first-order valence-corrected chi connectivity index (χ1v) is 10.5. The Hall–Kier alpha value is -2.94. The number of unbranched alkanes of at least 4 members (excludes halogenated alkanes) is 1. The molecule has 0 bridgehead atoms. The number of Topliss-reactive ketones (excluding diaryl/α,β-unsaturated/α-hetero) is 1. The van der Waals surface area contributed by atoms with Gasteiger partial charge >= 0.3 is 6.09 Å². The first kappa shape index (κ1) is 26.1. The molecule has 0 saturated carbocycles. The van der Waals surface area contributed by atoms with Crippen LogP contribution in [0.3, 0.4) is 0 Å². The number of aliphatic hydroxyl groups excluding tert-OH is 1. The summed E-state index contributed by atoms with van der Waals surface area (Å²) >= 11 is 0. The van der Waals surface area contributed by atoms with E-state index in [1.807, 2.05) is 13.8 Å². The Morgan fingerprint density at radius 1 is 1.00 bits per heavy atom. The predicted molar refractivity (Wildman–Crippen MR) is 116 cm³/mol. The van der Waals surface area contributed by atoms with Crippen molar-refractivity contribution in [3.05, 3.63) is 35.4 Å². The summed E-state index contributed by atoms with van der Waals surface area (Å²) in [5.74, 6) is -0.979. The van der Waals surface area contributed by atoms with Gasteiger partial charge in [0.15, 0.2) is 5.78 Å². The standard InChI is InChI=1S/C22H33N3O6/c1-4-14(2)19(21(29)23-12-6-5-7-18(27)15(3)26)25-20(28)17-10-8-16(9-11-17)13-24-22(30)31/h8-11,14-15,19,24,26H,4-7,12-13H2,1-3H3,(H,23,29)(H,25,28)(H,30,31)/t14?,15?,19-/m0/s1. The van der Waals surface area contributed by atoms with Crippen LogP contribution in [0.1, 0.15) is 62.4 Å². The average Bonchev–Trinajstić information content (AvgIpc) is 2.74. The molecule has 3 atom stereocenters. The number of benzene rings is 1. The van der Waals surface area contributed by atoms with E-state index in [1.165, 1.54) is 6.92 Å². The largest absolute Gasteiger partial charge is 0.465 e. The highest BCUT2D eigenvalue weighted by Gasteiger charge is 2.26. The van der Waals surface area contributed by atoms with Gasteiger partial charge in [-0.05, 0) is 43.4 Å². The molecule has 0 fully saturated rings. The minimum atomic E-state index is -1.13. The first-order valence-electron chi connectivity index (χ1n) is 10.5. The third kappa shape index (κ3) is 9.61. The number of amides is 3. The zero-order chi connectivity index (χ0) is 23.4. The molecule has 172 valence electrons. The zero-order valence-electron chi connectivity index (χ0n) is 18.3. The Bertz CT molecular complexity index is 748. The fourth-order valence-electron chi connectivity index (χ4n) is 2.83. The van der Waals surface area contributed by atoms with Crippen LogP contribution in [0.2, 0.25) is 0 Å². The van der Waals surface area contributed by atoms with Gasteiger partial charge in [-0.1, -0.05) is 32.4 Å². The van der Waals surface area contributed by atoms with Gasteiger partial charge in [-0.25, -0.2) is 4.79 Å². The molecule has 1 aromatic carbocycles. The van der Waals surface area contributed by atoms with E-state index in [4.69, 9.17) is 5.11 Å². The van der Waals surface area contributed by atoms with Crippen molar-refractivity contribution in [3.63, 3.8) is 0 Å². The minimum absolute atomic E-state index is 0.0835. The molecule has 0 radical (unpaired) electrons. The van der Waals surface area contributed by atoms with E-state index in [1.54, 1.807) is 24.3 Å². The normalized spacial score (nSPS) is 13.5. The maximum Gasteiger partial charge on any atom is 0.404 e. The van der Waals surface area contributed by atoms with Crippen molar-refractivity contribution in [3.8, 4) is 0 Å². The predicted octanol–water partition coefficient (Wildman–Crippen LogP) is 1.84. The molecule has 0 aliphatic heterocycles. The first-order chi connectivity index (χ1) is 14.6. The third-order valence-corrected chi connectivity index (χ3v) is 5.06. The molecule has 0 aliphatic rings. The summed E-state index contributed by atoms with van der Waals surface area (Å²) < 4.78 is 0. The number of nitrogens with one attached hydrogen (secondary N) is 3. The van der Waals surface area contributed by atoms with Gasteiger partial charge < -0.3 is 26.2 Å². The second-order valence-electron chi connectivity index (χ2n) is 7.58. The number of aliphatic hydroxyl groups is 1. The highest BCUT2D eigenvalue weighted by molar-refractivity contribution is 5.97. The van der Waals surface area contributed by atoms with Crippen LogP contribution in [0.4, 0.5) is 4.79 Å². The molecule has 0 saturated heterocycles. The highest BCUT2D eigenvalue weighted by atomic mass is 16.4. The molecule has 1 rings (SSSR count). The van der Waals surface area contributed by atoms with Gasteiger partial charge in [-0.15, -0.1) is 0 Å². The van der Waals surface area contributed by atoms with Crippen molar-refractivity contribution >= 4 is 23.7 Å². The molecule has 9 heteroatoms. The summed E-state index contributed by atoms with van der Waals surface area (Å²) in [6, 6.07) is 5.76. The number of carboxylic acid groups (broad SMARTS) is 1. The summed E-state index contributed by atoms with van der Waals surface area (Å²) in [5, 5.41) is 25.7. The number of carbonyl (C=O) groups is 4. The van der Waals surface area contributed by atoms with Gasteiger partial charge in [0.1, 0.15) is 12.1 Å². The van der Waals surface area contributed by atoms with Crippen LogP contribution in [-0.2, 0) is 16.1 Å². The van der Waals surface area contributed by atoms with Crippen LogP contribution in [0.5, 0.6) is 0 Å². The fraction of sp³-hybridized carbons (Fsp3) is 0.545. The van der Waals surface area contributed by atoms with Crippen LogP contribution < -0.4 is 16.0 Å². The summed E-state index contributed by atoms with van der Waals surface area (Å²) in [6.07, 6.45) is 0.0174. The van der Waals surface area contributed by atoms with Crippen molar-refractivity contribution in [1.29, 1.82) is 0 Å². The molecule has 0 spiro atoms. The summed E-state index contributed by atoms with van der Waals surface area (Å²) in [6.45, 7) is 5.76. The fourth-order valence-corrected chi connectivity index (χ4v) is 2.83. The number of hydrogen-bond acceptors (Lipinski definition) is 5. The van der Waals surface area contributed by atoms with Gasteiger partial charge in [0.25, 0.3) is 5.91 Å². The summed E-state index contributed by atoms with van der Waals surface area (Å²) in [7, 11) is 0. The summed E-state index contributed by atoms with van der Waals surface area (Å²) in [5.41, 5.74) is 1.08. The third-order valence-electron chi connectivity index (χ3n) is 5.06. The van der Waals surface area contributed by atoms with Crippen LogP contribution >= 0.6 is 0 Å². The smallest absolute Gasteiger partial charge is 0.404 e. The van der Waals surface area contributed by atoms with Gasteiger partial charge in [0.05, 0.1) is 0 Å². The minimum Gasteiger partial charge on any atom is -0.465 e. The molecule has 2 unspecified atom stereocenters. The lowest BCUT2D eigenvalue weighted by Gasteiger charge is -2.23. The average molecular weight is 436 g/mol. The quantitative estimate of drug-likeness (QED) is 0.299. The second-order valence-corrected chi connectivity index (χ2v) is 7.58. The molecule has 3 amide bonds. The molecule has 31 heavy (non-hydrogen) atoms. The molecule has 0 aromatic heterocycles. The molecule has 9 nitrogen and oxygen atoms in total. The van der Waals surface area contributed by atoms with Crippen molar-refractivity contribution in [2.24, 2.45) is 5.92 Å². The number of ketones is 1. The van der Waals surface area contributed by atoms with Gasteiger partial charge in [0, 0.05) is 25.1 Å². The van der Waals surface area contributed by atoms with E-state index in [2.05, 4.69) is 16.0 Å². The number of hydrogen-bond donors (Lipinski definition) is 5. The summed E-state index contributed by atoms with van der Waals surface area (Å²) in [4.78, 5) is 47.2. The number of carbonyl (C=O) groups excluding carboxylic acids is 3. The molecule has 1 aromatic rings. The number of rotatable bonds is 13. The van der Waals surface area contributed by atoms with Crippen LogP contribution in [0, 0.1) is 5.92 Å². The molecule has 0 heterocycles. The van der Waals surface area contributed by atoms with E-state index in [0.29, 0.717) is 36.9 Å². The van der Waals surface area contributed by atoms with Crippen molar-refractivity contribution in [2.45, 2.75) is 65.1 Å². The van der Waals surface area contributed by atoms with E-state index in [0.717, 1.165) is 0 Å². The van der Waals surface area contributed by atoms with Gasteiger partial charge in [-0.2, -0.15) is 0 Å².